The van der Waals surface area contributed by atoms with E-state index in [1.165, 1.54) is 12.4 Å². The molecule has 0 saturated carbocycles. The number of aromatic nitrogens is 2. The Hall–Kier alpha value is -3.18. The first-order valence-electron chi connectivity index (χ1n) is 9.34. The Morgan fingerprint density at radius 2 is 1.89 bits per heavy atom. The molecule has 2 aliphatic heterocycles. The van der Waals surface area contributed by atoms with Crippen LogP contribution in [-0.2, 0) is 4.74 Å². The Morgan fingerprint density at radius 3 is 2.64 bits per heavy atom. The molecule has 3 heterocycles. The van der Waals surface area contributed by atoms with Crippen molar-refractivity contribution in [1.82, 2.24) is 14.9 Å². The predicted molar refractivity (Wildman–Crippen MR) is 101 cm³/mol. The third-order valence-corrected chi connectivity index (χ3v) is 4.97. The molecule has 0 aliphatic carbocycles. The monoisotopic (exact) mass is 379 g/mol. The summed E-state index contributed by atoms with van der Waals surface area (Å²) in [6.07, 6.45) is 3.44. The molecule has 2 saturated heterocycles. The van der Waals surface area contributed by atoms with E-state index in [0.29, 0.717) is 25.1 Å². The summed E-state index contributed by atoms with van der Waals surface area (Å²) in [4.78, 5) is 24.9. The van der Waals surface area contributed by atoms with E-state index in [1.54, 1.807) is 4.90 Å². The van der Waals surface area contributed by atoms with Crippen molar-refractivity contribution in [3.63, 3.8) is 0 Å². The largest absolute Gasteiger partial charge is 0.470 e. The second-order valence-corrected chi connectivity index (χ2v) is 6.75. The molecule has 2 fully saturated rings. The van der Waals surface area contributed by atoms with Crippen LogP contribution in [0.3, 0.4) is 0 Å². The number of nitrogens with zero attached hydrogens (tertiary/aromatic N) is 5. The third-order valence-electron chi connectivity index (χ3n) is 4.97. The lowest BCUT2D eigenvalue weighted by Crippen LogP contribution is -2.36. The molecule has 0 N–H and O–H groups in total. The first kappa shape index (κ1) is 18.2. The topological polar surface area (TPSA) is 91.6 Å². The SMILES string of the molecule is N#Cc1nccnc1O[C@H]1CCN(C(=O)c2ccc(N3CCOCC3)cc2)C1. The molecule has 1 aromatic carbocycles. The minimum Gasteiger partial charge on any atom is -0.470 e. The fourth-order valence-corrected chi connectivity index (χ4v) is 3.47. The standard InChI is InChI=1S/C20H21N5O3/c21-13-18-19(23-7-6-22-18)28-17-5-8-25(14-17)20(26)15-1-3-16(4-2-15)24-9-11-27-12-10-24/h1-4,6-7,17H,5,8-12,14H2/t17-/m0/s1. The lowest BCUT2D eigenvalue weighted by molar-refractivity contribution is 0.0771. The lowest BCUT2D eigenvalue weighted by atomic mass is 10.1. The maximum absolute atomic E-state index is 12.8. The number of anilines is 1. The molecule has 144 valence electrons. The van der Waals surface area contributed by atoms with Gasteiger partial charge in [0.05, 0.1) is 19.8 Å². The van der Waals surface area contributed by atoms with E-state index in [4.69, 9.17) is 14.7 Å². The van der Waals surface area contributed by atoms with Gasteiger partial charge in [0.25, 0.3) is 11.8 Å². The average molecular weight is 379 g/mol. The average Bonchev–Trinajstić information content (AvgIpc) is 3.23. The number of ether oxygens (including phenoxy) is 2. The van der Waals surface area contributed by atoms with E-state index in [0.717, 1.165) is 32.0 Å². The second-order valence-electron chi connectivity index (χ2n) is 6.75. The van der Waals surface area contributed by atoms with Crippen molar-refractivity contribution in [2.45, 2.75) is 12.5 Å². The Kier molecular flexibility index (Phi) is 5.35. The predicted octanol–water partition coefficient (Wildman–Crippen LogP) is 1.48. The molecule has 28 heavy (non-hydrogen) atoms. The van der Waals surface area contributed by atoms with Crippen LogP contribution in [0.5, 0.6) is 5.88 Å². The Labute approximate surface area is 163 Å². The molecule has 4 rings (SSSR count). The van der Waals surface area contributed by atoms with Crippen molar-refractivity contribution in [3.05, 3.63) is 47.9 Å². The molecule has 1 atom stereocenters. The van der Waals surface area contributed by atoms with Gasteiger partial charge in [0, 0.05) is 49.7 Å². The van der Waals surface area contributed by atoms with Crippen LogP contribution in [0.2, 0.25) is 0 Å². The summed E-state index contributed by atoms with van der Waals surface area (Å²) in [5.74, 6) is 0.207. The van der Waals surface area contributed by atoms with Gasteiger partial charge in [-0.25, -0.2) is 9.97 Å². The van der Waals surface area contributed by atoms with Gasteiger partial charge >= 0.3 is 0 Å². The zero-order chi connectivity index (χ0) is 19.3. The van der Waals surface area contributed by atoms with Gasteiger partial charge in [0.15, 0.2) is 0 Å². The highest BCUT2D eigenvalue weighted by atomic mass is 16.5. The molecule has 0 spiro atoms. The smallest absolute Gasteiger partial charge is 0.253 e. The molecular formula is C20H21N5O3. The van der Waals surface area contributed by atoms with Crippen molar-refractivity contribution < 1.29 is 14.3 Å². The van der Waals surface area contributed by atoms with Gasteiger partial charge in [-0.3, -0.25) is 4.79 Å². The summed E-state index contributed by atoms with van der Waals surface area (Å²) in [7, 11) is 0. The molecule has 0 unspecified atom stereocenters. The maximum atomic E-state index is 12.8. The van der Waals surface area contributed by atoms with Crippen LogP contribution < -0.4 is 9.64 Å². The fraction of sp³-hybridized carbons (Fsp3) is 0.400. The Balaban J connectivity index is 1.37. The third kappa shape index (κ3) is 3.89. The number of amides is 1. The minimum atomic E-state index is -0.194. The highest BCUT2D eigenvalue weighted by molar-refractivity contribution is 5.94. The lowest BCUT2D eigenvalue weighted by Gasteiger charge is -2.29. The quantitative estimate of drug-likeness (QED) is 0.794. The summed E-state index contributed by atoms with van der Waals surface area (Å²) in [6.45, 7) is 4.27. The number of likely N-dealkylation sites (tertiary alicyclic amines) is 1. The van der Waals surface area contributed by atoms with E-state index >= 15 is 0 Å². The normalized spacial score (nSPS) is 19.3. The number of benzene rings is 1. The Bertz CT molecular complexity index is 874. The van der Waals surface area contributed by atoms with Crippen LogP contribution in [0.25, 0.3) is 0 Å². The van der Waals surface area contributed by atoms with Gasteiger partial charge in [-0.05, 0) is 24.3 Å². The number of morpholine rings is 1. The van der Waals surface area contributed by atoms with E-state index in [2.05, 4.69) is 14.9 Å². The maximum Gasteiger partial charge on any atom is 0.253 e. The summed E-state index contributed by atoms with van der Waals surface area (Å²) in [5.41, 5.74) is 1.93. The van der Waals surface area contributed by atoms with Crippen LogP contribution >= 0.6 is 0 Å². The van der Waals surface area contributed by atoms with Gasteiger partial charge in [-0.2, -0.15) is 5.26 Å². The zero-order valence-electron chi connectivity index (χ0n) is 15.5. The van der Waals surface area contributed by atoms with Gasteiger partial charge < -0.3 is 19.3 Å². The van der Waals surface area contributed by atoms with Crippen LogP contribution in [-0.4, -0.2) is 66.3 Å². The van der Waals surface area contributed by atoms with E-state index in [1.807, 2.05) is 30.3 Å². The van der Waals surface area contributed by atoms with Crippen molar-refractivity contribution in [2.75, 3.05) is 44.3 Å². The van der Waals surface area contributed by atoms with Crippen molar-refractivity contribution >= 4 is 11.6 Å². The Morgan fingerprint density at radius 1 is 1.14 bits per heavy atom. The molecule has 1 amide bonds. The molecule has 8 nitrogen and oxygen atoms in total. The molecule has 0 bridgehead atoms. The molecule has 8 heteroatoms. The molecule has 2 aliphatic rings. The van der Waals surface area contributed by atoms with Crippen LogP contribution in [0.1, 0.15) is 22.5 Å². The highest BCUT2D eigenvalue weighted by Gasteiger charge is 2.29. The molecule has 2 aromatic rings. The highest BCUT2D eigenvalue weighted by Crippen LogP contribution is 2.22. The summed E-state index contributed by atoms with van der Waals surface area (Å²) < 4.78 is 11.2. The van der Waals surface area contributed by atoms with Crippen LogP contribution in [0.15, 0.2) is 36.7 Å². The summed E-state index contributed by atoms with van der Waals surface area (Å²) in [5, 5.41) is 9.09. The number of carbonyl (C=O) groups is 1. The van der Waals surface area contributed by atoms with Crippen molar-refractivity contribution in [2.24, 2.45) is 0 Å². The molecule has 0 radical (unpaired) electrons. The molecule has 1 aromatic heterocycles. The van der Waals surface area contributed by atoms with Gasteiger partial charge in [-0.15, -0.1) is 0 Å². The number of hydrogen-bond acceptors (Lipinski definition) is 7. The van der Waals surface area contributed by atoms with Gasteiger partial charge in [-0.1, -0.05) is 0 Å². The fourth-order valence-electron chi connectivity index (χ4n) is 3.47. The van der Waals surface area contributed by atoms with E-state index < -0.39 is 0 Å². The van der Waals surface area contributed by atoms with Crippen molar-refractivity contribution in [3.8, 4) is 11.9 Å². The number of rotatable bonds is 4. The first-order chi connectivity index (χ1) is 13.7. The minimum absolute atomic E-state index is 0.0146. The van der Waals surface area contributed by atoms with Crippen LogP contribution in [0, 0.1) is 11.3 Å². The van der Waals surface area contributed by atoms with Crippen LogP contribution in [0.4, 0.5) is 5.69 Å². The second kappa shape index (κ2) is 8.23. The van der Waals surface area contributed by atoms with Crippen molar-refractivity contribution in [1.29, 1.82) is 5.26 Å². The van der Waals surface area contributed by atoms with Gasteiger partial charge in [0.2, 0.25) is 5.69 Å². The van der Waals surface area contributed by atoms with Gasteiger partial charge in [0.1, 0.15) is 12.2 Å². The number of carbonyl (C=O) groups excluding carboxylic acids is 1. The summed E-state index contributed by atoms with van der Waals surface area (Å²) in [6, 6.07) is 9.69. The number of nitriles is 1. The zero-order valence-corrected chi connectivity index (χ0v) is 15.5. The number of hydrogen-bond donors (Lipinski definition) is 0. The van der Waals surface area contributed by atoms with E-state index in [-0.39, 0.29) is 23.6 Å². The molecular weight excluding hydrogens is 358 g/mol. The first-order valence-corrected chi connectivity index (χ1v) is 9.34. The van der Waals surface area contributed by atoms with E-state index in [9.17, 15) is 4.79 Å². The summed E-state index contributed by atoms with van der Waals surface area (Å²) >= 11 is 0.